The van der Waals surface area contributed by atoms with Crippen molar-refractivity contribution >= 4 is 46.5 Å². The highest BCUT2D eigenvalue weighted by Crippen LogP contribution is 2.32. The third-order valence-corrected chi connectivity index (χ3v) is 6.14. The highest BCUT2D eigenvalue weighted by molar-refractivity contribution is 8.18. The van der Waals surface area contributed by atoms with Crippen LogP contribution >= 0.6 is 11.8 Å². The fourth-order valence-electron chi connectivity index (χ4n) is 3.35. The number of morpholine rings is 1. The van der Waals surface area contributed by atoms with Gasteiger partial charge in [-0.3, -0.25) is 29.4 Å². The quantitative estimate of drug-likeness (QED) is 0.194. The zero-order valence-corrected chi connectivity index (χ0v) is 19.1. The molecule has 3 amide bonds. The number of non-ortho nitro benzene ring substituents is 1. The lowest BCUT2D eigenvalue weighted by Crippen LogP contribution is -2.46. The number of carbonyl (C=O) groups is 4. The monoisotopic (exact) mass is 497 g/mol. The summed E-state index contributed by atoms with van der Waals surface area (Å²) in [6.45, 7) is 1.37. The van der Waals surface area contributed by atoms with Crippen molar-refractivity contribution < 1.29 is 33.6 Å². The van der Waals surface area contributed by atoms with E-state index < -0.39 is 22.0 Å². The van der Waals surface area contributed by atoms with E-state index in [1.54, 1.807) is 17.0 Å². The van der Waals surface area contributed by atoms with E-state index in [-0.39, 0.29) is 34.4 Å². The van der Waals surface area contributed by atoms with Crippen LogP contribution in [0.2, 0.25) is 0 Å². The summed E-state index contributed by atoms with van der Waals surface area (Å²) in [6.07, 6.45) is 1.52. The van der Waals surface area contributed by atoms with Crippen LogP contribution < -0.4 is 4.74 Å². The lowest BCUT2D eigenvalue weighted by atomic mass is 10.2. The van der Waals surface area contributed by atoms with E-state index >= 15 is 0 Å². The first-order valence-electron chi connectivity index (χ1n) is 10.5. The predicted molar refractivity (Wildman–Crippen MR) is 125 cm³/mol. The molecular weight excluding hydrogens is 478 g/mol. The molecule has 2 heterocycles. The number of hydrogen-bond acceptors (Lipinski definition) is 9. The lowest BCUT2D eigenvalue weighted by Gasteiger charge is -2.28. The maximum atomic E-state index is 12.7. The number of esters is 1. The molecule has 2 saturated heterocycles. The van der Waals surface area contributed by atoms with E-state index in [4.69, 9.17) is 9.47 Å². The summed E-state index contributed by atoms with van der Waals surface area (Å²) in [5.74, 6) is -1.31. The second-order valence-corrected chi connectivity index (χ2v) is 8.52. The van der Waals surface area contributed by atoms with Crippen molar-refractivity contribution in [2.24, 2.45) is 0 Å². The fraction of sp³-hybridized carbons (Fsp3) is 0.217. The maximum absolute atomic E-state index is 12.7. The molecule has 2 aromatic carbocycles. The number of thioether (sulfide) groups is 1. The van der Waals surface area contributed by atoms with Gasteiger partial charge in [0.2, 0.25) is 5.91 Å². The largest absolute Gasteiger partial charge is 0.423 e. The summed E-state index contributed by atoms with van der Waals surface area (Å²) in [4.78, 5) is 62.5. The van der Waals surface area contributed by atoms with Crippen LogP contribution in [0.25, 0.3) is 6.08 Å². The summed E-state index contributed by atoms with van der Waals surface area (Å²) in [6, 6.07) is 11.3. The molecule has 180 valence electrons. The molecule has 0 bridgehead atoms. The summed E-state index contributed by atoms with van der Waals surface area (Å²) < 4.78 is 10.5. The Balaban J connectivity index is 1.37. The van der Waals surface area contributed by atoms with Gasteiger partial charge in [0, 0.05) is 25.2 Å². The summed E-state index contributed by atoms with van der Waals surface area (Å²) in [5, 5.41) is 10.2. The van der Waals surface area contributed by atoms with Gasteiger partial charge in [-0.2, -0.15) is 0 Å². The molecule has 2 aromatic rings. The molecule has 2 aliphatic heterocycles. The Kier molecular flexibility index (Phi) is 7.22. The molecule has 4 rings (SSSR count). The van der Waals surface area contributed by atoms with Crippen molar-refractivity contribution in [1.29, 1.82) is 0 Å². The van der Waals surface area contributed by atoms with Crippen LogP contribution in [0.5, 0.6) is 5.75 Å². The van der Waals surface area contributed by atoms with Gasteiger partial charge in [-0.1, -0.05) is 12.1 Å². The molecule has 0 spiro atoms. The number of ether oxygens (including phenoxy) is 2. The average molecular weight is 497 g/mol. The highest BCUT2D eigenvalue weighted by atomic mass is 32.2. The van der Waals surface area contributed by atoms with E-state index in [9.17, 15) is 29.3 Å². The topological polar surface area (TPSA) is 136 Å². The van der Waals surface area contributed by atoms with Crippen molar-refractivity contribution in [2.45, 2.75) is 0 Å². The SMILES string of the molecule is O=C(Oc1ccc(/C=C2\SC(=O)N(CC(=O)N3CCOCC3)C2=O)cc1)c1ccc([N+](=O)[O-])cc1. The lowest BCUT2D eigenvalue weighted by molar-refractivity contribution is -0.384. The molecule has 2 aliphatic rings. The Morgan fingerprint density at radius 3 is 2.34 bits per heavy atom. The second-order valence-electron chi connectivity index (χ2n) is 7.52. The van der Waals surface area contributed by atoms with E-state index in [0.717, 1.165) is 16.7 Å². The van der Waals surface area contributed by atoms with Crippen LogP contribution in [0.15, 0.2) is 53.4 Å². The van der Waals surface area contributed by atoms with Gasteiger partial charge in [-0.05, 0) is 47.7 Å². The zero-order chi connectivity index (χ0) is 24.9. The molecule has 0 aliphatic carbocycles. The number of rotatable bonds is 6. The molecule has 0 atom stereocenters. The predicted octanol–water partition coefficient (Wildman–Crippen LogP) is 2.71. The number of nitro groups is 1. The minimum absolute atomic E-state index is 0.138. The van der Waals surface area contributed by atoms with Crippen LogP contribution in [0.4, 0.5) is 10.5 Å². The third kappa shape index (κ3) is 5.73. The number of nitro benzene ring substituents is 1. The molecule has 12 heteroatoms. The molecule has 0 N–H and O–H groups in total. The molecule has 2 fully saturated rings. The molecule has 0 aromatic heterocycles. The molecule has 0 saturated carbocycles. The normalized spacial score (nSPS) is 17.1. The molecule has 35 heavy (non-hydrogen) atoms. The summed E-state index contributed by atoms with van der Waals surface area (Å²) in [5.41, 5.74) is 0.603. The Morgan fingerprint density at radius 1 is 1.06 bits per heavy atom. The Morgan fingerprint density at radius 2 is 1.71 bits per heavy atom. The minimum Gasteiger partial charge on any atom is -0.423 e. The number of hydrogen-bond donors (Lipinski definition) is 0. The van der Waals surface area contributed by atoms with Gasteiger partial charge in [0.1, 0.15) is 12.3 Å². The number of imide groups is 1. The van der Waals surface area contributed by atoms with Crippen molar-refractivity contribution in [3.63, 3.8) is 0 Å². The zero-order valence-electron chi connectivity index (χ0n) is 18.2. The van der Waals surface area contributed by atoms with Crippen molar-refractivity contribution in [2.75, 3.05) is 32.8 Å². The molecule has 11 nitrogen and oxygen atoms in total. The number of benzene rings is 2. The smallest absolute Gasteiger partial charge is 0.343 e. The van der Waals surface area contributed by atoms with Crippen molar-refractivity contribution in [3.05, 3.63) is 74.7 Å². The highest BCUT2D eigenvalue weighted by Gasteiger charge is 2.37. The van der Waals surface area contributed by atoms with Gasteiger partial charge in [0.05, 0.1) is 28.6 Å². The number of carbonyl (C=O) groups excluding carboxylic acids is 4. The molecule has 0 unspecified atom stereocenters. The first-order valence-corrected chi connectivity index (χ1v) is 11.3. The maximum Gasteiger partial charge on any atom is 0.343 e. The van der Waals surface area contributed by atoms with Crippen LogP contribution in [-0.2, 0) is 14.3 Å². The second kappa shape index (κ2) is 10.5. The number of amides is 3. The third-order valence-electron chi connectivity index (χ3n) is 5.23. The van der Waals surface area contributed by atoms with Crippen LogP contribution in [0.1, 0.15) is 15.9 Å². The average Bonchev–Trinajstić information content (AvgIpc) is 3.13. The fourth-order valence-corrected chi connectivity index (χ4v) is 4.19. The standard InChI is InChI=1S/C23H19N3O8S/c27-20(24-9-11-33-12-10-24)14-25-21(28)19(35-23(25)30)13-15-1-7-18(8-2-15)34-22(29)16-3-5-17(6-4-16)26(31)32/h1-8,13H,9-12,14H2/b19-13-. The van der Waals surface area contributed by atoms with E-state index in [1.165, 1.54) is 42.5 Å². The van der Waals surface area contributed by atoms with E-state index in [0.29, 0.717) is 31.9 Å². The van der Waals surface area contributed by atoms with Gasteiger partial charge in [0.25, 0.3) is 16.8 Å². The van der Waals surface area contributed by atoms with Crippen LogP contribution in [0.3, 0.4) is 0 Å². The summed E-state index contributed by atoms with van der Waals surface area (Å²) in [7, 11) is 0. The van der Waals surface area contributed by atoms with Crippen molar-refractivity contribution in [3.8, 4) is 5.75 Å². The van der Waals surface area contributed by atoms with Gasteiger partial charge in [-0.15, -0.1) is 0 Å². The summed E-state index contributed by atoms with van der Waals surface area (Å²) >= 11 is 0.750. The molecular formula is C23H19N3O8S. The minimum atomic E-state index is -0.682. The first kappa shape index (κ1) is 24.1. The Bertz CT molecular complexity index is 1200. The van der Waals surface area contributed by atoms with Gasteiger partial charge in [0.15, 0.2) is 0 Å². The van der Waals surface area contributed by atoms with Crippen molar-refractivity contribution in [1.82, 2.24) is 9.80 Å². The van der Waals surface area contributed by atoms with Gasteiger partial charge < -0.3 is 14.4 Å². The number of nitrogens with zero attached hydrogens (tertiary/aromatic N) is 3. The van der Waals surface area contributed by atoms with Crippen LogP contribution in [0, 0.1) is 10.1 Å². The van der Waals surface area contributed by atoms with E-state index in [2.05, 4.69) is 0 Å². The Hall–Kier alpha value is -4.03. The van der Waals surface area contributed by atoms with Gasteiger partial charge >= 0.3 is 5.97 Å². The van der Waals surface area contributed by atoms with Crippen LogP contribution in [-0.4, -0.2) is 70.6 Å². The first-order chi connectivity index (χ1) is 16.8. The van der Waals surface area contributed by atoms with E-state index in [1.807, 2.05) is 0 Å². The Labute approximate surface area is 203 Å². The molecule has 0 radical (unpaired) electrons. The van der Waals surface area contributed by atoms with Gasteiger partial charge in [-0.25, -0.2) is 4.79 Å².